The number of thioether (sulfide) groups is 1. The van der Waals surface area contributed by atoms with E-state index in [1.807, 2.05) is 0 Å². The highest BCUT2D eigenvalue weighted by atomic mass is 32.2. The van der Waals surface area contributed by atoms with E-state index in [1.165, 1.54) is 38.5 Å². The Balaban J connectivity index is 1.92. The fourth-order valence-corrected chi connectivity index (χ4v) is 3.25. The van der Waals surface area contributed by atoms with Crippen molar-refractivity contribution in [1.82, 2.24) is 5.32 Å². The van der Waals surface area contributed by atoms with Gasteiger partial charge in [0.05, 0.1) is 14.2 Å². The second kappa shape index (κ2) is 11.2. The molecule has 0 saturated carbocycles. The molecule has 0 atom stereocenters. The molecule has 2 aromatic carbocycles. The zero-order valence-electron chi connectivity index (χ0n) is 16.2. The molecule has 2 amide bonds. The predicted molar refractivity (Wildman–Crippen MR) is 108 cm³/mol. The van der Waals surface area contributed by atoms with Crippen LogP contribution in [0.1, 0.15) is 16.8 Å². The Hall–Kier alpha value is -2.94. The normalized spacial score (nSPS) is 10.3. The van der Waals surface area contributed by atoms with Crippen LogP contribution in [0.3, 0.4) is 0 Å². The third kappa shape index (κ3) is 6.86. The molecule has 29 heavy (non-hydrogen) atoms. The molecule has 7 nitrogen and oxygen atoms in total. The first-order valence-corrected chi connectivity index (χ1v) is 9.77. The van der Waals surface area contributed by atoms with Crippen molar-refractivity contribution in [3.63, 3.8) is 0 Å². The highest BCUT2D eigenvalue weighted by molar-refractivity contribution is 7.99. The summed E-state index contributed by atoms with van der Waals surface area (Å²) in [5.41, 5.74) is 5.43. The van der Waals surface area contributed by atoms with Gasteiger partial charge in [-0.25, -0.2) is 4.39 Å². The first-order chi connectivity index (χ1) is 13.9. The summed E-state index contributed by atoms with van der Waals surface area (Å²) < 4.78 is 28.7. The highest BCUT2D eigenvalue weighted by Crippen LogP contribution is 2.38. The number of hydrogen-bond acceptors (Lipinski definition) is 6. The average molecular weight is 422 g/mol. The molecular weight excluding hydrogens is 399 g/mol. The van der Waals surface area contributed by atoms with E-state index >= 15 is 0 Å². The molecule has 0 bridgehead atoms. The lowest BCUT2D eigenvalue weighted by Gasteiger charge is -2.15. The number of amides is 2. The van der Waals surface area contributed by atoms with Crippen molar-refractivity contribution >= 4 is 23.6 Å². The summed E-state index contributed by atoms with van der Waals surface area (Å²) in [6.45, 7) is 0.127. The van der Waals surface area contributed by atoms with E-state index < -0.39 is 5.91 Å². The number of halogens is 1. The summed E-state index contributed by atoms with van der Waals surface area (Å²) in [7, 11) is 2.83. The van der Waals surface area contributed by atoms with E-state index in [0.29, 0.717) is 12.1 Å². The van der Waals surface area contributed by atoms with E-state index in [-0.39, 0.29) is 35.6 Å². The van der Waals surface area contributed by atoms with Gasteiger partial charge in [-0.1, -0.05) is 0 Å². The maximum Gasteiger partial charge on any atom is 0.255 e. The number of carbonyl (C=O) groups excluding carboxylic acids is 2. The standard InChI is InChI=1S/C20H23FN2O5S/c1-26-16-10-13(11-17(27-2)19(16)28-12-18(22)24)20(25)23-8-3-9-29-15-6-4-14(21)5-7-15/h4-7,10-11H,3,8-9,12H2,1-2H3,(H2,22,24)(H,23,25). The van der Waals surface area contributed by atoms with Gasteiger partial charge in [0.1, 0.15) is 5.82 Å². The van der Waals surface area contributed by atoms with Crippen molar-refractivity contribution in [2.75, 3.05) is 33.1 Å². The number of carbonyl (C=O) groups is 2. The van der Waals surface area contributed by atoms with Gasteiger partial charge >= 0.3 is 0 Å². The third-order valence-corrected chi connectivity index (χ3v) is 4.87. The SMILES string of the molecule is COc1cc(C(=O)NCCCSc2ccc(F)cc2)cc(OC)c1OCC(N)=O. The van der Waals surface area contributed by atoms with Gasteiger partial charge in [-0.05, 0) is 48.6 Å². The smallest absolute Gasteiger partial charge is 0.255 e. The molecule has 156 valence electrons. The van der Waals surface area contributed by atoms with Gasteiger partial charge in [-0.2, -0.15) is 0 Å². The van der Waals surface area contributed by atoms with Gasteiger partial charge in [-0.15, -0.1) is 11.8 Å². The van der Waals surface area contributed by atoms with Crippen LogP contribution in [-0.2, 0) is 4.79 Å². The fraction of sp³-hybridized carbons (Fsp3) is 0.300. The Morgan fingerprint density at radius 3 is 2.28 bits per heavy atom. The van der Waals surface area contributed by atoms with Gasteiger partial charge < -0.3 is 25.3 Å². The lowest BCUT2D eigenvalue weighted by molar-refractivity contribution is -0.120. The maximum absolute atomic E-state index is 12.9. The molecule has 0 saturated heterocycles. The fourth-order valence-electron chi connectivity index (χ4n) is 2.39. The van der Waals surface area contributed by atoms with E-state index in [9.17, 15) is 14.0 Å². The topological polar surface area (TPSA) is 99.9 Å². The van der Waals surface area contributed by atoms with Crippen molar-refractivity contribution in [3.8, 4) is 17.2 Å². The second-order valence-electron chi connectivity index (χ2n) is 5.88. The van der Waals surface area contributed by atoms with E-state index in [0.717, 1.165) is 17.1 Å². The van der Waals surface area contributed by atoms with Crippen molar-refractivity contribution in [1.29, 1.82) is 0 Å². The second-order valence-corrected chi connectivity index (χ2v) is 7.05. The van der Waals surface area contributed by atoms with Gasteiger partial charge in [0, 0.05) is 17.0 Å². The highest BCUT2D eigenvalue weighted by Gasteiger charge is 2.18. The molecule has 2 rings (SSSR count). The van der Waals surface area contributed by atoms with Crippen molar-refractivity contribution in [2.24, 2.45) is 5.73 Å². The molecule has 0 spiro atoms. The van der Waals surface area contributed by atoms with Gasteiger partial charge in [0.15, 0.2) is 18.1 Å². The van der Waals surface area contributed by atoms with Crippen LogP contribution in [0.2, 0.25) is 0 Å². The van der Waals surface area contributed by atoms with Crippen LogP contribution in [0.25, 0.3) is 0 Å². The number of nitrogens with one attached hydrogen (secondary N) is 1. The monoisotopic (exact) mass is 422 g/mol. The molecule has 0 radical (unpaired) electrons. The minimum absolute atomic E-state index is 0.195. The summed E-state index contributed by atoms with van der Waals surface area (Å²) in [4.78, 5) is 24.4. The summed E-state index contributed by atoms with van der Waals surface area (Å²) in [6, 6.07) is 9.28. The molecule has 0 aliphatic rings. The zero-order valence-corrected chi connectivity index (χ0v) is 17.0. The summed E-state index contributed by atoms with van der Waals surface area (Å²) in [5, 5.41) is 2.83. The van der Waals surface area contributed by atoms with E-state index in [4.69, 9.17) is 19.9 Å². The summed E-state index contributed by atoms with van der Waals surface area (Å²) in [5.74, 6) is 0.271. The van der Waals surface area contributed by atoms with Gasteiger partial charge in [-0.3, -0.25) is 9.59 Å². The number of nitrogens with two attached hydrogens (primary N) is 1. The average Bonchev–Trinajstić information content (AvgIpc) is 2.72. The number of ether oxygens (including phenoxy) is 3. The van der Waals surface area contributed by atoms with Crippen LogP contribution in [0.5, 0.6) is 17.2 Å². The third-order valence-electron chi connectivity index (χ3n) is 3.77. The molecule has 0 aliphatic heterocycles. The number of hydrogen-bond donors (Lipinski definition) is 2. The zero-order chi connectivity index (χ0) is 21.2. The molecule has 0 aromatic heterocycles. The van der Waals surface area contributed by atoms with Gasteiger partial charge in [0.2, 0.25) is 5.75 Å². The lowest BCUT2D eigenvalue weighted by Crippen LogP contribution is -2.25. The molecule has 0 heterocycles. The maximum atomic E-state index is 12.9. The molecule has 2 aromatic rings. The Kier molecular flexibility index (Phi) is 8.60. The summed E-state index contributed by atoms with van der Waals surface area (Å²) >= 11 is 1.59. The molecule has 3 N–H and O–H groups in total. The van der Waals surface area contributed by atoms with E-state index in [2.05, 4.69) is 5.32 Å². The Morgan fingerprint density at radius 1 is 1.10 bits per heavy atom. The molecule has 9 heteroatoms. The molecule has 0 aliphatic carbocycles. The van der Waals surface area contributed by atoms with Crippen LogP contribution in [0.15, 0.2) is 41.3 Å². The van der Waals surface area contributed by atoms with Gasteiger partial charge in [0.25, 0.3) is 11.8 Å². The number of benzene rings is 2. The molecule has 0 fully saturated rings. The Morgan fingerprint density at radius 2 is 1.72 bits per heavy atom. The van der Waals surface area contributed by atoms with Crippen LogP contribution in [-0.4, -0.2) is 44.9 Å². The van der Waals surface area contributed by atoms with Crippen LogP contribution >= 0.6 is 11.8 Å². The number of methoxy groups -OCH3 is 2. The van der Waals surface area contributed by atoms with Crippen LogP contribution < -0.4 is 25.3 Å². The quantitative estimate of drug-likeness (QED) is 0.427. The lowest BCUT2D eigenvalue weighted by atomic mass is 10.1. The van der Waals surface area contributed by atoms with Crippen molar-refractivity contribution in [3.05, 3.63) is 47.8 Å². The van der Waals surface area contributed by atoms with Crippen molar-refractivity contribution in [2.45, 2.75) is 11.3 Å². The first-order valence-electron chi connectivity index (χ1n) is 8.78. The minimum atomic E-state index is -0.644. The van der Waals surface area contributed by atoms with Crippen molar-refractivity contribution < 1.29 is 28.2 Å². The largest absolute Gasteiger partial charge is 0.493 e. The summed E-state index contributed by atoms with van der Waals surface area (Å²) in [6.07, 6.45) is 0.738. The molecular formula is C20H23FN2O5S. The number of rotatable bonds is 11. The Bertz CT molecular complexity index is 820. The van der Waals surface area contributed by atoms with Crippen LogP contribution in [0, 0.1) is 5.82 Å². The first kappa shape index (κ1) is 22.4. The number of primary amides is 1. The minimum Gasteiger partial charge on any atom is -0.493 e. The predicted octanol–water partition coefficient (Wildman–Crippen LogP) is 2.62. The van der Waals surface area contributed by atoms with Crippen LogP contribution in [0.4, 0.5) is 4.39 Å². The Labute approximate surface area is 172 Å². The molecule has 0 unspecified atom stereocenters. The van der Waals surface area contributed by atoms with E-state index in [1.54, 1.807) is 23.9 Å².